The van der Waals surface area contributed by atoms with E-state index in [2.05, 4.69) is 364 Å². The molecule has 11 aromatic carbocycles. The molecule has 4 atom stereocenters. The number of rotatable bonds is 20. The minimum Gasteiger partial charge on any atom is -0.366 e. The van der Waals surface area contributed by atoms with E-state index in [1.54, 1.807) is 24.3 Å². The molecule has 12 heteroatoms. The zero-order valence-corrected chi connectivity index (χ0v) is 81.8. The number of fused-ring (bicyclic) bond motifs is 3. The van der Waals surface area contributed by atoms with Gasteiger partial charge in [0, 0.05) is 44.2 Å². The molecule has 0 radical (unpaired) electrons. The first-order valence-electron chi connectivity index (χ1n) is 45.8. The Morgan fingerprint density at radius 2 is 0.462 bits per heavy atom. The molecule has 0 aliphatic carbocycles. The van der Waals surface area contributed by atoms with E-state index in [1.165, 1.54) is 58.7 Å². The van der Waals surface area contributed by atoms with Crippen LogP contribution in [0.25, 0.3) is 66.3 Å². The van der Waals surface area contributed by atoms with Crippen molar-refractivity contribution in [2.45, 2.75) is 261 Å². The zero-order chi connectivity index (χ0) is 95.1. The fourth-order valence-electron chi connectivity index (χ4n) is 18.3. The van der Waals surface area contributed by atoms with Crippen LogP contribution < -0.4 is 11.5 Å². The Balaban J connectivity index is 0.902. The van der Waals surface area contributed by atoms with Crippen LogP contribution in [0.4, 0.5) is 0 Å². The number of nitrogens with two attached hydrogens (primary N) is 2. The van der Waals surface area contributed by atoms with E-state index in [9.17, 15) is 9.59 Å². The minimum atomic E-state index is -0.847. The van der Waals surface area contributed by atoms with Crippen molar-refractivity contribution >= 4 is 57.0 Å². The third-order valence-electron chi connectivity index (χ3n) is 26.1. The third-order valence-corrected chi connectivity index (χ3v) is 26.1. The first-order valence-corrected chi connectivity index (χ1v) is 45.8. The first kappa shape index (κ1) is 95.1. The summed E-state index contributed by atoms with van der Waals surface area (Å²) in [6, 6.07) is 77.7. The average molecular weight is 1730 g/mol. The predicted octanol–water partition coefficient (Wildman–Crippen LogP) is 28.4. The predicted molar refractivity (Wildman–Crippen MR) is 537 cm³/mol. The zero-order valence-electron chi connectivity index (χ0n) is 81.8. The van der Waals surface area contributed by atoms with Crippen LogP contribution in [0.5, 0.6) is 0 Å². The van der Waals surface area contributed by atoms with Crippen LogP contribution in [-0.2, 0) is 43.3 Å². The number of nitrogens with zero attached hydrogens (tertiary/aromatic N) is 4. The molecule has 0 spiro atoms. The maximum absolute atomic E-state index is 16.6. The molecule has 13 rings (SSSR count). The van der Waals surface area contributed by atoms with E-state index >= 15 is 19.2 Å². The number of carbonyl (C=O) groups excluding carboxylic acids is 6. The first-order chi connectivity index (χ1) is 60.4. The molecule has 670 valence electrons. The van der Waals surface area contributed by atoms with Crippen molar-refractivity contribution in [3.05, 3.63) is 354 Å². The maximum Gasteiger partial charge on any atom is 0.254 e. The topological polar surface area (TPSA) is 187 Å². The van der Waals surface area contributed by atoms with Gasteiger partial charge in [-0.2, -0.15) is 0 Å². The molecular weight excluding hydrogens is 1600 g/mol. The largest absolute Gasteiger partial charge is 0.366 e. The van der Waals surface area contributed by atoms with Crippen molar-refractivity contribution in [3.8, 4) is 44.5 Å². The summed E-state index contributed by atoms with van der Waals surface area (Å²) in [6.07, 6.45) is 0. The molecule has 0 saturated heterocycles. The van der Waals surface area contributed by atoms with E-state index in [0.717, 1.165) is 89.0 Å². The van der Waals surface area contributed by atoms with Gasteiger partial charge in [-0.3, -0.25) is 28.8 Å². The monoisotopic (exact) mass is 1730 g/mol. The fourth-order valence-corrected chi connectivity index (χ4v) is 18.3. The van der Waals surface area contributed by atoms with Gasteiger partial charge in [0.2, 0.25) is 23.4 Å². The minimum absolute atomic E-state index is 0.0112. The van der Waals surface area contributed by atoms with Crippen LogP contribution in [0, 0.1) is 0 Å². The van der Waals surface area contributed by atoms with Crippen LogP contribution in [0.3, 0.4) is 0 Å². The third kappa shape index (κ3) is 20.1. The normalized spacial score (nSPS) is 13.5. The Morgan fingerprint density at radius 1 is 0.246 bits per heavy atom. The van der Waals surface area contributed by atoms with Crippen molar-refractivity contribution in [3.63, 3.8) is 0 Å². The lowest BCUT2D eigenvalue weighted by Gasteiger charge is -2.40. The lowest BCUT2D eigenvalue weighted by Crippen LogP contribution is -2.38. The van der Waals surface area contributed by atoms with Crippen LogP contribution in [0.1, 0.15) is 358 Å². The number of ketones is 2. The molecular formula is C118H132N6O6. The molecule has 2 heterocycles. The molecule has 130 heavy (non-hydrogen) atoms. The summed E-state index contributed by atoms with van der Waals surface area (Å²) in [7, 11) is 0. The second-order valence-corrected chi connectivity index (χ2v) is 44.2. The Morgan fingerprint density at radius 3 is 0.685 bits per heavy atom. The highest BCUT2D eigenvalue weighted by Gasteiger charge is 2.39. The molecule has 12 nitrogen and oxygen atoms in total. The Hall–Kier alpha value is -12.5. The number of hydrogen-bond donors (Lipinski definition) is 2. The van der Waals surface area contributed by atoms with Crippen LogP contribution >= 0.6 is 0 Å². The standard InChI is InChI=1S/C118H132N6O6/c1-69(93-49-43-79(65-97(93)115(17,18)19)75-33-29-37-89(61-75)111(5,6)7)123(70(2)94-50-44-80(66-98(94)116(20,21)22)76-34-30-38-90(62-76)112(8,9)10)109(129)87-57-83(55-85(59-87)107(119)127)105(125)101-53-47-73-41-42-74-48-54-102(122-104(74)103(73)121-101)106(126)84-56-86(108(120)128)60-88(58-84)110(130)124(71(3)95-51-45-81(67-99(95)117(23,24)25)77-35-31-39-91(63-77)113(11,12)13)72(4)96-52-46-82(68-100(96)118(26,27)28)78-36-32-40-92(64-78)114(14,15)16/h29-72H,1-28H3,(H2,119,127)(H2,120,128)/t69-,70-,71-,72-/m1/s1. The molecule has 0 fully saturated rings. The summed E-state index contributed by atoms with van der Waals surface area (Å²) in [6.45, 7) is 61.1. The van der Waals surface area contributed by atoms with Gasteiger partial charge in [-0.15, -0.1) is 0 Å². The van der Waals surface area contributed by atoms with Crippen molar-refractivity contribution in [1.29, 1.82) is 0 Å². The highest BCUT2D eigenvalue weighted by Crippen LogP contribution is 2.48. The number of hydrogen-bond acceptors (Lipinski definition) is 8. The summed E-state index contributed by atoms with van der Waals surface area (Å²) in [4.78, 5) is 106. The number of primary amides is 2. The Kier molecular flexibility index (Phi) is 25.9. The maximum atomic E-state index is 16.6. The number of carbonyl (C=O) groups is 6. The van der Waals surface area contributed by atoms with Gasteiger partial charge in [-0.1, -0.05) is 360 Å². The smallest absolute Gasteiger partial charge is 0.254 e. The average Bonchev–Trinajstić information content (AvgIpc) is 0.761. The molecule has 0 saturated carbocycles. The molecule has 2 aromatic heterocycles. The van der Waals surface area contributed by atoms with E-state index < -0.39 is 81.0 Å². The van der Waals surface area contributed by atoms with E-state index in [4.69, 9.17) is 21.4 Å². The molecule has 0 unspecified atom stereocenters. The van der Waals surface area contributed by atoms with Gasteiger partial charge in [0.1, 0.15) is 11.4 Å². The number of benzene rings is 11. The van der Waals surface area contributed by atoms with E-state index in [0.29, 0.717) is 10.8 Å². The van der Waals surface area contributed by atoms with Crippen molar-refractivity contribution < 1.29 is 28.8 Å². The van der Waals surface area contributed by atoms with Gasteiger partial charge in [-0.25, -0.2) is 9.97 Å². The SMILES string of the molecule is C[C@H](c1ccc(-c2cccc(C(C)(C)C)c2)cc1C(C)(C)C)N(C(=O)c1cc(C(N)=O)cc(C(=O)c2ccc3ccc4ccc(C(=O)c5cc(C(N)=O)cc(C(=O)N([C@H](C)c6ccc(-c7cccc(C(C)(C)C)c7)cc6C(C)(C)C)[C@H](C)c6ccc(-c7cccc(C(C)(C)C)c7)cc6C(C)(C)C)c5)nc4c3n2)c1)[C@H](C)c1ccc(-c2cccc(C(C)(C)C)c2)cc1C(C)(C)C. The van der Waals surface area contributed by atoms with Gasteiger partial charge in [-0.05, 0) is 231 Å². The second kappa shape index (κ2) is 35.4. The van der Waals surface area contributed by atoms with Gasteiger partial charge < -0.3 is 21.3 Å². The number of pyridine rings is 2. The fraction of sp³-hybridized carbons (Fsp3) is 0.339. The van der Waals surface area contributed by atoms with Crippen LogP contribution in [0.15, 0.2) is 243 Å². The lowest BCUT2D eigenvalue weighted by atomic mass is 9.78. The van der Waals surface area contributed by atoms with Crippen molar-refractivity contribution in [2.75, 3.05) is 0 Å². The summed E-state index contributed by atoms with van der Waals surface area (Å²) in [5, 5.41) is 1.18. The van der Waals surface area contributed by atoms with Gasteiger partial charge >= 0.3 is 0 Å². The summed E-state index contributed by atoms with van der Waals surface area (Å²) >= 11 is 0. The molecule has 0 bridgehead atoms. The quantitative estimate of drug-likeness (QED) is 0.0557. The van der Waals surface area contributed by atoms with Crippen LogP contribution in [0.2, 0.25) is 0 Å². The van der Waals surface area contributed by atoms with Crippen molar-refractivity contribution in [2.24, 2.45) is 11.5 Å². The van der Waals surface area contributed by atoms with Gasteiger partial charge in [0.25, 0.3) is 11.8 Å². The van der Waals surface area contributed by atoms with Crippen molar-refractivity contribution in [1.82, 2.24) is 19.8 Å². The highest BCUT2D eigenvalue weighted by atomic mass is 16.2. The van der Waals surface area contributed by atoms with Gasteiger partial charge in [0.15, 0.2) is 0 Å². The van der Waals surface area contributed by atoms with E-state index in [-0.39, 0.29) is 77.5 Å². The Bertz CT molecular complexity index is 5990. The Labute approximate surface area is 772 Å². The highest BCUT2D eigenvalue weighted by molar-refractivity contribution is 6.15. The molecule has 13 aromatic rings. The molecule has 4 amide bonds. The molecule has 0 aliphatic heterocycles. The number of aromatic nitrogens is 2. The molecule has 0 aliphatic rings. The van der Waals surface area contributed by atoms with E-state index in [1.807, 2.05) is 21.9 Å². The summed E-state index contributed by atoms with van der Waals surface area (Å²) in [5.74, 6) is -3.80. The molecule has 4 N–H and O–H groups in total. The lowest BCUT2D eigenvalue weighted by molar-refractivity contribution is 0.0592. The summed E-state index contributed by atoms with van der Waals surface area (Å²) in [5.41, 5.74) is 32.3. The number of amides is 4. The second-order valence-electron chi connectivity index (χ2n) is 44.2. The van der Waals surface area contributed by atoms with Gasteiger partial charge in [0.05, 0.1) is 35.2 Å². The summed E-state index contributed by atoms with van der Waals surface area (Å²) < 4.78 is 0. The van der Waals surface area contributed by atoms with Crippen LogP contribution in [-0.4, -0.2) is 55.0 Å².